The van der Waals surface area contributed by atoms with E-state index in [2.05, 4.69) is 25.9 Å². The minimum Gasteiger partial charge on any atom is -0.472 e. The number of benzene rings is 1. The number of ether oxygens (including phenoxy) is 1. The van der Waals surface area contributed by atoms with E-state index in [0.29, 0.717) is 17.9 Å². The third-order valence-corrected chi connectivity index (χ3v) is 11.5. The Labute approximate surface area is 338 Å². The minimum atomic E-state index is -4.59. The Morgan fingerprint density at radius 3 is 2.33 bits per heavy atom. The maximum Gasteiger partial charge on any atom is 0.416 e. The van der Waals surface area contributed by atoms with Crippen LogP contribution in [0.2, 0.25) is 5.02 Å². The molecule has 0 spiro atoms. The summed E-state index contributed by atoms with van der Waals surface area (Å²) in [4.78, 5) is 77.9. The lowest BCUT2D eigenvalue weighted by Gasteiger charge is -2.37. The van der Waals surface area contributed by atoms with E-state index in [4.69, 9.17) is 26.5 Å². The lowest BCUT2D eigenvalue weighted by atomic mass is 9.80. The van der Waals surface area contributed by atoms with Crippen molar-refractivity contribution in [3.8, 4) is 5.88 Å². The molecule has 2 aromatic heterocycles. The van der Waals surface area contributed by atoms with Crippen molar-refractivity contribution in [2.75, 3.05) is 11.9 Å². The summed E-state index contributed by atoms with van der Waals surface area (Å²) >= 11 is 6.01. The highest BCUT2D eigenvalue weighted by Crippen LogP contribution is 2.35. The lowest BCUT2D eigenvalue weighted by molar-refractivity contribution is -0.145. The number of carbonyl (C=O) groups excluding carboxylic acids is 5. The van der Waals surface area contributed by atoms with Gasteiger partial charge in [-0.15, -0.1) is 0 Å². The highest BCUT2D eigenvalue weighted by atomic mass is 35.5. The summed E-state index contributed by atoms with van der Waals surface area (Å²) in [5.74, 6) is -3.87. The van der Waals surface area contributed by atoms with Crippen molar-refractivity contribution >= 4 is 58.1 Å². The SMILES string of the molecule is CC(C)(C)[C@H](NC(=O)[C@@H](Nc1nc2cc(C(F)(F)F)ccc2o1)C1CCCCC1)C(=O)N1C[C@H](Oc2ccc(Cl)cn2)C[C@H]1C(=O)NC(CC1CCC1)C(=O)C(N)=O. The number of oxazole rings is 1. The molecule has 3 heterocycles. The Morgan fingerprint density at radius 1 is 1.00 bits per heavy atom. The van der Waals surface area contributed by atoms with Gasteiger partial charge in [-0.1, -0.05) is 70.9 Å². The summed E-state index contributed by atoms with van der Waals surface area (Å²) < 4.78 is 52.1. The Bertz CT molecular complexity index is 1990. The zero-order valence-corrected chi connectivity index (χ0v) is 33.3. The van der Waals surface area contributed by atoms with Crippen LogP contribution in [0.3, 0.4) is 0 Å². The Hall–Kier alpha value is -4.93. The summed E-state index contributed by atoms with van der Waals surface area (Å²) in [5, 5.41) is 9.03. The summed E-state index contributed by atoms with van der Waals surface area (Å²) in [6.45, 7) is 5.19. The van der Waals surface area contributed by atoms with Gasteiger partial charge in [0.15, 0.2) is 5.58 Å². The van der Waals surface area contributed by atoms with Gasteiger partial charge in [0.05, 0.1) is 23.2 Å². The first-order chi connectivity index (χ1) is 27.4. The molecular formula is C40H49ClF3N7O7. The second kappa shape index (κ2) is 17.5. The van der Waals surface area contributed by atoms with Crippen molar-refractivity contribution in [2.45, 2.75) is 121 Å². The molecule has 3 fully saturated rings. The molecule has 3 aliphatic rings. The molecule has 3 aromatic rings. The van der Waals surface area contributed by atoms with Gasteiger partial charge < -0.3 is 35.7 Å². The number of likely N-dealkylation sites (tertiary alicyclic amines) is 1. The van der Waals surface area contributed by atoms with Crippen LogP contribution in [0.4, 0.5) is 19.2 Å². The average Bonchev–Trinajstić information content (AvgIpc) is 3.77. The van der Waals surface area contributed by atoms with Crippen LogP contribution < -0.4 is 26.4 Å². The van der Waals surface area contributed by atoms with E-state index in [0.717, 1.165) is 50.7 Å². The van der Waals surface area contributed by atoms with Crippen LogP contribution >= 0.6 is 11.6 Å². The number of fused-ring (bicyclic) bond motifs is 1. The topological polar surface area (TPSA) is 199 Å². The fourth-order valence-electron chi connectivity index (χ4n) is 7.92. The number of ketones is 1. The van der Waals surface area contributed by atoms with Gasteiger partial charge in [-0.25, -0.2) is 4.98 Å². The summed E-state index contributed by atoms with van der Waals surface area (Å²) in [6, 6.07) is 1.36. The summed E-state index contributed by atoms with van der Waals surface area (Å²) in [7, 11) is 0. The molecule has 1 unspecified atom stereocenters. The number of primary amides is 1. The zero-order valence-electron chi connectivity index (χ0n) is 32.6. The van der Waals surface area contributed by atoms with Gasteiger partial charge in [0, 0.05) is 18.7 Å². The first-order valence-electron chi connectivity index (χ1n) is 19.6. The molecule has 0 radical (unpaired) electrons. The van der Waals surface area contributed by atoms with E-state index in [1.54, 1.807) is 32.9 Å². The molecule has 4 amide bonds. The fourth-order valence-corrected chi connectivity index (χ4v) is 8.03. The largest absolute Gasteiger partial charge is 0.472 e. The van der Waals surface area contributed by atoms with E-state index in [1.807, 2.05) is 0 Å². The molecule has 2 aliphatic carbocycles. The monoisotopic (exact) mass is 831 g/mol. The highest BCUT2D eigenvalue weighted by Gasteiger charge is 2.47. The van der Waals surface area contributed by atoms with Crippen LogP contribution in [-0.4, -0.2) is 81.1 Å². The normalized spacial score (nSPS) is 20.8. The van der Waals surface area contributed by atoms with Crippen LogP contribution in [0.25, 0.3) is 11.1 Å². The fraction of sp³-hybridized carbons (Fsp3) is 0.575. The first kappa shape index (κ1) is 42.7. The van der Waals surface area contributed by atoms with Crippen molar-refractivity contribution < 1.29 is 46.3 Å². The van der Waals surface area contributed by atoms with Gasteiger partial charge in [0.1, 0.15) is 29.7 Å². The van der Waals surface area contributed by atoms with Gasteiger partial charge in [-0.3, -0.25) is 24.0 Å². The number of anilines is 1. The highest BCUT2D eigenvalue weighted by molar-refractivity contribution is 6.37. The van der Waals surface area contributed by atoms with Crippen molar-refractivity contribution in [2.24, 2.45) is 23.0 Å². The number of alkyl halides is 3. The Morgan fingerprint density at radius 2 is 1.72 bits per heavy atom. The number of hydrogen-bond acceptors (Lipinski definition) is 10. The summed E-state index contributed by atoms with van der Waals surface area (Å²) in [6.07, 6.45) is 2.90. The number of carbonyl (C=O) groups is 5. The van der Waals surface area contributed by atoms with Crippen LogP contribution in [0.5, 0.6) is 5.88 Å². The second-order valence-corrected chi connectivity index (χ2v) is 17.1. The number of nitrogens with zero attached hydrogens (tertiary/aromatic N) is 3. The van der Waals surface area contributed by atoms with Crippen LogP contribution in [0, 0.1) is 17.3 Å². The number of amides is 4. The van der Waals surface area contributed by atoms with Crippen molar-refractivity contribution in [3.63, 3.8) is 0 Å². The van der Waals surface area contributed by atoms with E-state index in [1.165, 1.54) is 17.2 Å². The number of rotatable bonds is 14. The smallest absolute Gasteiger partial charge is 0.416 e. The molecule has 5 atom stereocenters. The molecular weight excluding hydrogens is 783 g/mol. The third kappa shape index (κ3) is 10.2. The van der Waals surface area contributed by atoms with Crippen molar-refractivity contribution in [1.82, 2.24) is 25.5 Å². The number of hydrogen-bond donors (Lipinski definition) is 4. The van der Waals surface area contributed by atoms with Crippen molar-refractivity contribution in [1.29, 1.82) is 0 Å². The number of nitrogens with two attached hydrogens (primary N) is 1. The van der Waals surface area contributed by atoms with Gasteiger partial charge in [-0.2, -0.15) is 18.2 Å². The molecule has 1 aromatic carbocycles. The molecule has 6 rings (SSSR count). The second-order valence-electron chi connectivity index (χ2n) is 16.6. The molecule has 1 saturated heterocycles. The Kier molecular flexibility index (Phi) is 12.9. The average molecular weight is 832 g/mol. The molecule has 2 saturated carbocycles. The van der Waals surface area contributed by atoms with E-state index >= 15 is 0 Å². The number of pyridine rings is 1. The Balaban J connectivity index is 1.26. The van der Waals surface area contributed by atoms with E-state index < -0.39 is 76.8 Å². The van der Waals surface area contributed by atoms with Crippen LogP contribution in [-0.2, 0) is 30.1 Å². The molecule has 5 N–H and O–H groups in total. The molecule has 58 heavy (non-hydrogen) atoms. The third-order valence-electron chi connectivity index (χ3n) is 11.3. The quantitative estimate of drug-likeness (QED) is 0.149. The van der Waals surface area contributed by atoms with E-state index in [-0.39, 0.29) is 54.2 Å². The van der Waals surface area contributed by atoms with Gasteiger partial charge in [0.2, 0.25) is 29.4 Å². The van der Waals surface area contributed by atoms with Gasteiger partial charge in [0.25, 0.3) is 11.9 Å². The van der Waals surface area contributed by atoms with Gasteiger partial charge >= 0.3 is 6.18 Å². The molecule has 314 valence electrons. The predicted octanol–water partition coefficient (Wildman–Crippen LogP) is 5.56. The standard InChI is InChI=1S/C40H49ClF3N7O7/c1-39(2,3)33(50-36(55)31(22-10-5-4-6-11-22)49-38-48-26-17-23(40(42,43)44)12-14-29(26)58-38)37(56)51-20-25(57-30-15-13-24(41)19-46-30)18-28(51)35(54)47-27(32(52)34(45)53)16-21-8-7-9-21/h12-15,17,19,21-22,25,27-28,31,33H,4-11,16,18,20H2,1-3H3,(H2,45,53)(H,47,54)(H,48,49)(H,50,55)/t25-,27?,28+,31+,33-/m1/s1. The first-order valence-corrected chi connectivity index (χ1v) is 20.0. The summed E-state index contributed by atoms with van der Waals surface area (Å²) in [5.41, 5.74) is 3.60. The minimum absolute atomic E-state index is 0.00632. The maximum atomic E-state index is 14.8. The number of nitrogens with one attached hydrogen (secondary N) is 3. The van der Waals surface area contributed by atoms with Crippen LogP contribution in [0.1, 0.15) is 90.5 Å². The molecule has 0 bridgehead atoms. The molecule has 14 nitrogen and oxygen atoms in total. The number of halogens is 4. The van der Waals surface area contributed by atoms with Crippen molar-refractivity contribution in [3.05, 3.63) is 47.1 Å². The van der Waals surface area contributed by atoms with E-state index in [9.17, 15) is 37.1 Å². The molecule has 1 aliphatic heterocycles. The maximum absolute atomic E-state index is 14.8. The zero-order chi connectivity index (χ0) is 41.9. The lowest BCUT2D eigenvalue weighted by Crippen LogP contribution is -2.61. The predicted molar refractivity (Wildman–Crippen MR) is 206 cm³/mol. The van der Waals surface area contributed by atoms with Gasteiger partial charge in [-0.05, 0) is 60.8 Å². The number of aromatic nitrogens is 2. The molecule has 18 heteroatoms. The number of Topliss-reactive ketones (excluding diaryl/α,β-unsaturated/α-hetero) is 1. The van der Waals surface area contributed by atoms with Crippen LogP contribution in [0.15, 0.2) is 40.9 Å².